The molecule has 0 radical (unpaired) electrons. The maximum absolute atomic E-state index is 5.67. The highest BCUT2D eigenvalue weighted by Crippen LogP contribution is 2.25. The fourth-order valence-electron chi connectivity index (χ4n) is 3.16. The molecule has 3 atom stereocenters. The second kappa shape index (κ2) is 3.80. The lowest BCUT2D eigenvalue weighted by Crippen LogP contribution is -2.34. The summed E-state index contributed by atoms with van der Waals surface area (Å²) in [6, 6.07) is 0.788. The van der Waals surface area contributed by atoms with Crippen LogP contribution in [0.3, 0.4) is 0 Å². The van der Waals surface area contributed by atoms with Crippen molar-refractivity contribution in [1.29, 1.82) is 0 Å². The topological polar surface area (TPSA) is 24.5 Å². The van der Waals surface area contributed by atoms with Crippen LogP contribution in [0.4, 0.5) is 0 Å². The number of nitrogens with one attached hydrogen (secondary N) is 1. The molecule has 0 bridgehead atoms. The molecule has 0 aromatic rings. The minimum atomic E-state index is 0.536. The number of nitrogens with zero attached hydrogens (tertiary/aromatic N) is 1. The molecule has 0 aromatic heterocycles. The number of hydrogen-bond acceptors (Lipinski definition) is 3. The Hall–Kier alpha value is -0.120. The third kappa shape index (κ3) is 1.69. The van der Waals surface area contributed by atoms with E-state index >= 15 is 0 Å². The molecule has 3 heteroatoms. The van der Waals surface area contributed by atoms with E-state index in [0.29, 0.717) is 6.10 Å². The molecular formula is C11H20N2O. The first-order valence-electron chi connectivity index (χ1n) is 5.99. The van der Waals surface area contributed by atoms with E-state index in [2.05, 4.69) is 10.2 Å². The van der Waals surface area contributed by atoms with Crippen LogP contribution in [0.5, 0.6) is 0 Å². The van der Waals surface area contributed by atoms with Gasteiger partial charge in [0.1, 0.15) is 0 Å². The van der Waals surface area contributed by atoms with Crippen molar-refractivity contribution in [3.8, 4) is 0 Å². The third-order valence-electron chi connectivity index (χ3n) is 3.92. The Morgan fingerprint density at radius 2 is 2.29 bits per heavy atom. The van der Waals surface area contributed by atoms with Crippen LogP contribution in [0.1, 0.15) is 19.3 Å². The van der Waals surface area contributed by atoms with Crippen LogP contribution in [-0.2, 0) is 4.74 Å². The molecule has 0 aliphatic carbocycles. The van der Waals surface area contributed by atoms with Gasteiger partial charge in [0.25, 0.3) is 0 Å². The van der Waals surface area contributed by atoms with Crippen LogP contribution in [0, 0.1) is 5.92 Å². The van der Waals surface area contributed by atoms with Gasteiger partial charge in [0.05, 0.1) is 6.10 Å². The lowest BCUT2D eigenvalue weighted by atomic mass is 10.1. The van der Waals surface area contributed by atoms with Gasteiger partial charge in [-0.3, -0.25) is 4.90 Å². The van der Waals surface area contributed by atoms with Crippen LogP contribution in [0.15, 0.2) is 0 Å². The Bertz CT molecular complexity index is 191. The SMILES string of the molecule is C1COC(CN2C[C@@H]3CCN[C@@H]3C2)C1. The van der Waals surface area contributed by atoms with Crippen LogP contribution in [0.2, 0.25) is 0 Å². The summed E-state index contributed by atoms with van der Waals surface area (Å²) in [5, 5.41) is 3.59. The summed E-state index contributed by atoms with van der Waals surface area (Å²) in [5.41, 5.74) is 0. The molecule has 3 fully saturated rings. The third-order valence-corrected chi connectivity index (χ3v) is 3.92. The van der Waals surface area contributed by atoms with Crippen molar-refractivity contribution in [2.45, 2.75) is 31.4 Å². The number of fused-ring (bicyclic) bond motifs is 1. The van der Waals surface area contributed by atoms with Crippen LogP contribution < -0.4 is 5.32 Å². The first kappa shape index (κ1) is 9.13. The largest absolute Gasteiger partial charge is 0.377 e. The average molecular weight is 196 g/mol. The van der Waals surface area contributed by atoms with Gasteiger partial charge in [-0.2, -0.15) is 0 Å². The normalized spacial score (nSPS) is 43.3. The number of hydrogen-bond donors (Lipinski definition) is 1. The fraction of sp³-hybridized carbons (Fsp3) is 1.00. The maximum Gasteiger partial charge on any atom is 0.0702 e. The minimum Gasteiger partial charge on any atom is -0.377 e. The summed E-state index contributed by atoms with van der Waals surface area (Å²) in [7, 11) is 0. The highest BCUT2D eigenvalue weighted by molar-refractivity contribution is 4.94. The molecule has 14 heavy (non-hydrogen) atoms. The molecule has 3 aliphatic rings. The molecule has 0 saturated carbocycles. The van der Waals surface area contributed by atoms with E-state index in [1.54, 1.807) is 0 Å². The first-order chi connectivity index (χ1) is 6.92. The smallest absolute Gasteiger partial charge is 0.0702 e. The van der Waals surface area contributed by atoms with E-state index in [-0.39, 0.29) is 0 Å². The summed E-state index contributed by atoms with van der Waals surface area (Å²) >= 11 is 0. The lowest BCUT2D eigenvalue weighted by Gasteiger charge is -2.20. The van der Waals surface area contributed by atoms with Gasteiger partial charge in [0.2, 0.25) is 0 Å². The Morgan fingerprint density at radius 3 is 3.07 bits per heavy atom. The zero-order valence-electron chi connectivity index (χ0n) is 8.74. The molecule has 0 aromatic carbocycles. The monoisotopic (exact) mass is 196 g/mol. The van der Waals surface area contributed by atoms with Crippen LogP contribution in [0.25, 0.3) is 0 Å². The maximum atomic E-state index is 5.67. The Morgan fingerprint density at radius 1 is 1.29 bits per heavy atom. The molecule has 3 aliphatic heterocycles. The van der Waals surface area contributed by atoms with Gasteiger partial charge in [0.15, 0.2) is 0 Å². The molecule has 3 saturated heterocycles. The van der Waals surface area contributed by atoms with Crippen molar-refractivity contribution >= 4 is 0 Å². The van der Waals surface area contributed by atoms with Gasteiger partial charge in [-0.25, -0.2) is 0 Å². The average Bonchev–Trinajstić information content (AvgIpc) is 2.78. The molecule has 80 valence electrons. The molecule has 1 N–H and O–H groups in total. The zero-order valence-corrected chi connectivity index (χ0v) is 8.74. The van der Waals surface area contributed by atoms with E-state index in [9.17, 15) is 0 Å². The molecular weight excluding hydrogens is 176 g/mol. The van der Waals surface area contributed by atoms with E-state index in [1.807, 2.05) is 0 Å². The van der Waals surface area contributed by atoms with Crippen molar-refractivity contribution in [2.24, 2.45) is 5.92 Å². The van der Waals surface area contributed by atoms with E-state index in [4.69, 9.17) is 4.74 Å². The molecule has 3 nitrogen and oxygen atoms in total. The Kier molecular flexibility index (Phi) is 2.48. The highest BCUT2D eigenvalue weighted by Gasteiger charge is 2.36. The second-order valence-corrected chi connectivity index (χ2v) is 4.96. The van der Waals surface area contributed by atoms with Crippen molar-refractivity contribution in [2.75, 3.05) is 32.8 Å². The number of rotatable bonds is 2. The van der Waals surface area contributed by atoms with E-state index in [1.165, 1.54) is 45.4 Å². The number of likely N-dealkylation sites (tertiary alicyclic amines) is 1. The molecule has 0 amide bonds. The summed E-state index contributed by atoms with van der Waals surface area (Å²) < 4.78 is 5.67. The second-order valence-electron chi connectivity index (χ2n) is 4.96. The van der Waals surface area contributed by atoms with E-state index in [0.717, 1.165) is 18.6 Å². The summed E-state index contributed by atoms with van der Waals surface area (Å²) in [6.45, 7) is 5.96. The highest BCUT2D eigenvalue weighted by atomic mass is 16.5. The summed E-state index contributed by atoms with van der Waals surface area (Å²) in [6.07, 6.45) is 4.46. The lowest BCUT2D eigenvalue weighted by molar-refractivity contribution is 0.0787. The van der Waals surface area contributed by atoms with Gasteiger partial charge in [-0.1, -0.05) is 0 Å². The van der Waals surface area contributed by atoms with Gasteiger partial charge in [-0.15, -0.1) is 0 Å². The van der Waals surface area contributed by atoms with Gasteiger partial charge in [-0.05, 0) is 31.7 Å². The summed E-state index contributed by atoms with van der Waals surface area (Å²) in [5.74, 6) is 0.927. The van der Waals surface area contributed by atoms with Crippen molar-refractivity contribution < 1.29 is 4.74 Å². The summed E-state index contributed by atoms with van der Waals surface area (Å²) in [4.78, 5) is 2.59. The fourth-order valence-corrected chi connectivity index (χ4v) is 3.16. The van der Waals surface area contributed by atoms with Crippen LogP contribution >= 0.6 is 0 Å². The Labute approximate surface area is 85.8 Å². The molecule has 1 unspecified atom stereocenters. The van der Waals surface area contributed by atoms with Crippen molar-refractivity contribution in [3.63, 3.8) is 0 Å². The first-order valence-corrected chi connectivity index (χ1v) is 5.99. The van der Waals surface area contributed by atoms with Crippen LogP contribution in [-0.4, -0.2) is 49.8 Å². The molecule has 3 heterocycles. The zero-order chi connectivity index (χ0) is 9.38. The standard InChI is InChI=1S/C11H20N2O/c1-2-10(14-5-1)7-13-6-9-3-4-12-11(9)8-13/h9-12H,1-8H2/t9-,10?,11+/m0/s1. The Balaban J connectivity index is 1.50. The quantitative estimate of drug-likeness (QED) is 0.694. The predicted molar refractivity (Wildman–Crippen MR) is 55.3 cm³/mol. The van der Waals surface area contributed by atoms with Gasteiger partial charge >= 0.3 is 0 Å². The van der Waals surface area contributed by atoms with Crippen molar-refractivity contribution in [3.05, 3.63) is 0 Å². The molecule has 0 spiro atoms. The predicted octanol–water partition coefficient (Wildman–Crippen LogP) is 0.459. The van der Waals surface area contributed by atoms with Gasteiger partial charge in [0, 0.05) is 32.3 Å². The minimum absolute atomic E-state index is 0.536. The molecule has 3 rings (SSSR count). The van der Waals surface area contributed by atoms with Crippen molar-refractivity contribution in [1.82, 2.24) is 10.2 Å². The van der Waals surface area contributed by atoms with Gasteiger partial charge < -0.3 is 10.1 Å². The van der Waals surface area contributed by atoms with E-state index < -0.39 is 0 Å². The number of ether oxygens (including phenoxy) is 1.